The zero-order valence-corrected chi connectivity index (χ0v) is 11.0. The zero-order chi connectivity index (χ0) is 13.7. The third-order valence-corrected chi connectivity index (χ3v) is 2.72. The van der Waals surface area contributed by atoms with Crippen molar-refractivity contribution in [2.24, 2.45) is 0 Å². The van der Waals surface area contributed by atoms with Crippen molar-refractivity contribution in [2.45, 2.75) is 19.8 Å². The third-order valence-electron chi connectivity index (χ3n) is 2.72. The molecule has 5 nitrogen and oxygen atoms in total. The maximum Gasteiger partial charge on any atom is 0.224 e. The van der Waals surface area contributed by atoms with Gasteiger partial charge in [-0.2, -0.15) is 0 Å². The van der Waals surface area contributed by atoms with Crippen LogP contribution in [0.4, 0.5) is 5.69 Å². The molecule has 100 valence electrons. The van der Waals surface area contributed by atoms with E-state index in [1.54, 1.807) is 13.4 Å². The van der Waals surface area contributed by atoms with Crippen LogP contribution in [-0.2, 0) is 11.2 Å². The molecule has 0 saturated heterocycles. The van der Waals surface area contributed by atoms with Gasteiger partial charge in [0.15, 0.2) is 6.39 Å². The van der Waals surface area contributed by atoms with Crippen molar-refractivity contribution < 1.29 is 13.9 Å². The normalized spacial score (nSPS) is 10.2. The molecule has 0 radical (unpaired) electrons. The average molecular weight is 260 g/mol. The first kappa shape index (κ1) is 13.1. The molecule has 0 bridgehead atoms. The summed E-state index contributed by atoms with van der Waals surface area (Å²) in [7, 11) is 1.58. The number of hydrogen-bond acceptors (Lipinski definition) is 4. The lowest BCUT2D eigenvalue weighted by molar-refractivity contribution is -0.116. The molecule has 0 aliphatic rings. The number of amides is 1. The number of benzene rings is 1. The van der Waals surface area contributed by atoms with Crippen LogP contribution in [0.15, 0.2) is 35.3 Å². The third kappa shape index (κ3) is 3.58. The molecule has 19 heavy (non-hydrogen) atoms. The van der Waals surface area contributed by atoms with Gasteiger partial charge in [-0.25, -0.2) is 4.98 Å². The molecular weight excluding hydrogens is 244 g/mol. The summed E-state index contributed by atoms with van der Waals surface area (Å²) in [6.07, 6.45) is 3.80. The van der Waals surface area contributed by atoms with Crippen molar-refractivity contribution in [3.63, 3.8) is 0 Å². The van der Waals surface area contributed by atoms with E-state index in [-0.39, 0.29) is 5.91 Å². The predicted molar refractivity (Wildman–Crippen MR) is 71.2 cm³/mol. The van der Waals surface area contributed by atoms with Crippen LogP contribution in [0.1, 0.15) is 17.7 Å². The van der Waals surface area contributed by atoms with Gasteiger partial charge in [0, 0.05) is 12.8 Å². The number of ether oxygens (including phenoxy) is 1. The van der Waals surface area contributed by atoms with Gasteiger partial charge < -0.3 is 14.5 Å². The van der Waals surface area contributed by atoms with Gasteiger partial charge in [0.1, 0.15) is 12.0 Å². The molecule has 1 heterocycles. The monoisotopic (exact) mass is 260 g/mol. The lowest BCUT2D eigenvalue weighted by atomic mass is 10.2. The predicted octanol–water partition coefficient (Wildman–Crippen LogP) is 2.56. The minimum absolute atomic E-state index is 0.0769. The van der Waals surface area contributed by atoms with Crippen molar-refractivity contribution >= 4 is 11.6 Å². The summed E-state index contributed by atoms with van der Waals surface area (Å²) in [5.41, 5.74) is 2.52. The van der Waals surface area contributed by atoms with E-state index in [0.717, 1.165) is 11.3 Å². The number of hydrogen-bond donors (Lipinski definition) is 1. The summed E-state index contributed by atoms with van der Waals surface area (Å²) in [4.78, 5) is 15.8. The van der Waals surface area contributed by atoms with E-state index in [9.17, 15) is 4.79 Å². The van der Waals surface area contributed by atoms with Crippen LogP contribution in [0.2, 0.25) is 0 Å². The van der Waals surface area contributed by atoms with Crippen molar-refractivity contribution in [3.8, 4) is 5.75 Å². The van der Waals surface area contributed by atoms with Gasteiger partial charge in [-0.15, -0.1) is 0 Å². The molecule has 0 saturated carbocycles. The number of aryl methyl sites for hydroxylation is 2. The van der Waals surface area contributed by atoms with E-state index in [0.29, 0.717) is 24.3 Å². The Labute approximate surface area is 111 Å². The van der Waals surface area contributed by atoms with Crippen molar-refractivity contribution in [3.05, 3.63) is 42.1 Å². The molecule has 1 aromatic carbocycles. The fourth-order valence-corrected chi connectivity index (χ4v) is 1.73. The zero-order valence-electron chi connectivity index (χ0n) is 11.0. The van der Waals surface area contributed by atoms with Crippen molar-refractivity contribution in [1.82, 2.24) is 4.98 Å². The largest absolute Gasteiger partial charge is 0.495 e. The van der Waals surface area contributed by atoms with Crippen LogP contribution < -0.4 is 10.1 Å². The van der Waals surface area contributed by atoms with E-state index >= 15 is 0 Å². The molecule has 2 aromatic rings. The Morgan fingerprint density at radius 1 is 1.47 bits per heavy atom. The van der Waals surface area contributed by atoms with Gasteiger partial charge in [-0.05, 0) is 24.6 Å². The SMILES string of the molecule is COc1ccc(C)cc1NC(=O)CCc1cocn1. The number of rotatable bonds is 5. The van der Waals surface area contributed by atoms with Gasteiger partial charge in [0.2, 0.25) is 5.91 Å². The van der Waals surface area contributed by atoms with E-state index in [4.69, 9.17) is 9.15 Å². The van der Waals surface area contributed by atoms with Crippen molar-refractivity contribution in [2.75, 3.05) is 12.4 Å². The first-order valence-electron chi connectivity index (χ1n) is 6.00. The summed E-state index contributed by atoms with van der Waals surface area (Å²) >= 11 is 0. The second kappa shape index (κ2) is 6.04. The van der Waals surface area contributed by atoms with E-state index < -0.39 is 0 Å². The highest BCUT2D eigenvalue weighted by Gasteiger charge is 2.08. The van der Waals surface area contributed by atoms with Crippen LogP contribution in [-0.4, -0.2) is 18.0 Å². The molecule has 0 spiro atoms. The van der Waals surface area contributed by atoms with Gasteiger partial charge in [-0.1, -0.05) is 6.07 Å². The molecule has 0 fully saturated rings. The first-order chi connectivity index (χ1) is 9.19. The highest BCUT2D eigenvalue weighted by molar-refractivity contribution is 5.92. The molecule has 0 aliphatic heterocycles. The lowest BCUT2D eigenvalue weighted by Crippen LogP contribution is -2.13. The summed E-state index contributed by atoms with van der Waals surface area (Å²) in [5.74, 6) is 0.576. The van der Waals surface area contributed by atoms with Crippen LogP contribution >= 0.6 is 0 Å². The minimum atomic E-state index is -0.0769. The molecule has 0 atom stereocenters. The Kier molecular flexibility index (Phi) is 4.18. The number of carbonyl (C=O) groups is 1. The molecule has 5 heteroatoms. The Balaban J connectivity index is 1.96. The number of methoxy groups -OCH3 is 1. The van der Waals surface area contributed by atoms with Crippen LogP contribution in [0, 0.1) is 6.92 Å². The van der Waals surface area contributed by atoms with E-state index in [1.807, 2.05) is 25.1 Å². The van der Waals surface area contributed by atoms with E-state index in [1.165, 1.54) is 6.39 Å². The van der Waals surface area contributed by atoms with Gasteiger partial charge in [0.05, 0.1) is 18.5 Å². The summed E-state index contributed by atoms with van der Waals surface area (Å²) in [6, 6.07) is 5.65. The summed E-state index contributed by atoms with van der Waals surface area (Å²) in [5, 5.41) is 2.84. The molecule has 0 aliphatic carbocycles. The molecule has 1 amide bonds. The number of aromatic nitrogens is 1. The molecule has 0 unspecified atom stereocenters. The Bertz CT molecular complexity index is 550. The van der Waals surface area contributed by atoms with Gasteiger partial charge in [0.25, 0.3) is 0 Å². The smallest absolute Gasteiger partial charge is 0.224 e. The fourth-order valence-electron chi connectivity index (χ4n) is 1.73. The second-order valence-corrected chi connectivity index (χ2v) is 4.23. The summed E-state index contributed by atoms with van der Waals surface area (Å²) < 4.78 is 10.1. The molecule has 1 aromatic heterocycles. The number of nitrogens with zero attached hydrogens (tertiary/aromatic N) is 1. The molecule has 2 rings (SSSR count). The number of carbonyl (C=O) groups excluding carboxylic acids is 1. The molecule has 1 N–H and O–H groups in total. The topological polar surface area (TPSA) is 64.4 Å². The van der Waals surface area contributed by atoms with Gasteiger partial charge in [-0.3, -0.25) is 4.79 Å². The second-order valence-electron chi connectivity index (χ2n) is 4.23. The highest BCUT2D eigenvalue weighted by Crippen LogP contribution is 2.25. The first-order valence-corrected chi connectivity index (χ1v) is 6.00. The average Bonchev–Trinajstić information content (AvgIpc) is 2.90. The Morgan fingerprint density at radius 3 is 3.00 bits per heavy atom. The van der Waals surface area contributed by atoms with Crippen LogP contribution in [0.3, 0.4) is 0 Å². The minimum Gasteiger partial charge on any atom is -0.495 e. The van der Waals surface area contributed by atoms with Crippen LogP contribution in [0.5, 0.6) is 5.75 Å². The van der Waals surface area contributed by atoms with Crippen molar-refractivity contribution in [1.29, 1.82) is 0 Å². The number of anilines is 1. The standard InChI is InChI=1S/C14H16N2O3/c1-10-3-5-13(18-2)12(7-10)16-14(17)6-4-11-8-19-9-15-11/h3,5,7-9H,4,6H2,1-2H3,(H,16,17). The van der Waals surface area contributed by atoms with E-state index in [2.05, 4.69) is 10.3 Å². The van der Waals surface area contributed by atoms with Crippen LogP contribution in [0.25, 0.3) is 0 Å². The maximum absolute atomic E-state index is 11.9. The quantitative estimate of drug-likeness (QED) is 0.897. The summed E-state index contributed by atoms with van der Waals surface area (Å²) in [6.45, 7) is 1.96. The Morgan fingerprint density at radius 2 is 2.32 bits per heavy atom. The highest BCUT2D eigenvalue weighted by atomic mass is 16.5. The molecular formula is C14H16N2O3. The maximum atomic E-state index is 11.9. The number of oxazole rings is 1. The fraction of sp³-hybridized carbons (Fsp3) is 0.286. The lowest BCUT2D eigenvalue weighted by Gasteiger charge is -2.10. The Hall–Kier alpha value is -2.30. The van der Waals surface area contributed by atoms with Gasteiger partial charge >= 0.3 is 0 Å². The number of nitrogens with one attached hydrogen (secondary N) is 1.